The van der Waals surface area contributed by atoms with Gasteiger partial charge in [-0.3, -0.25) is 19.0 Å². The van der Waals surface area contributed by atoms with Gasteiger partial charge in [0.05, 0.1) is 12.6 Å². The van der Waals surface area contributed by atoms with E-state index in [0.29, 0.717) is 29.8 Å². The second-order valence-corrected chi connectivity index (χ2v) is 8.02. The number of aromatic nitrogens is 1. The Labute approximate surface area is 179 Å². The monoisotopic (exact) mass is 430 g/mol. The lowest BCUT2D eigenvalue weighted by Crippen LogP contribution is -2.44. The molecule has 0 fully saturated rings. The Morgan fingerprint density at radius 3 is 2.55 bits per heavy atom. The van der Waals surface area contributed by atoms with E-state index in [1.54, 1.807) is 16.0 Å². The molecule has 1 atom stereocenters. The number of likely N-dealkylation sites (N-methyl/N-ethyl adjacent to an activating group) is 1. The summed E-state index contributed by atoms with van der Waals surface area (Å²) in [5.74, 6) is -1.06. The normalized spacial score (nSPS) is 14.3. The summed E-state index contributed by atoms with van der Waals surface area (Å²) in [5, 5.41) is 12.1. The summed E-state index contributed by atoms with van der Waals surface area (Å²) < 4.78 is 14.7. The average Bonchev–Trinajstić information content (AvgIpc) is 2.71. The van der Waals surface area contributed by atoms with Crippen LogP contribution in [0.5, 0.6) is 0 Å². The van der Waals surface area contributed by atoms with Gasteiger partial charge < -0.3 is 20.2 Å². The van der Waals surface area contributed by atoms with Crippen LogP contribution in [0, 0.1) is 5.82 Å². The van der Waals surface area contributed by atoms with Crippen LogP contribution in [0.1, 0.15) is 28.4 Å². The van der Waals surface area contributed by atoms with Crippen molar-refractivity contribution in [3.8, 4) is 5.69 Å². The van der Waals surface area contributed by atoms with E-state index in [4.69, 9.17) is 0 Å². The van der Waals surface area contributed by atoms with E-state index in [-0.39, 0.29) is 31.1 Å². The molecular formula is C22H27FN4O4. The first-order chi connectivity index (χ1) is 14.7. The van der Waals surface area contributed by atoms with Gasteiger partial charge in [0.15, 0.2) is 0 Å². The molecule has 9 heteroatoms. The fraction of sp³-hybridized carbons (Fsp3) is 0.409. The van der Waals surface area contributed by atoms with Crippen molar-refractivity contribution in [2.45, 2.75) is 26.0 Å². The predicted molar refractivity (Wildman–Crippen MR) is 114 cm³/mol. The van der Waals surface area contributed by atoms with Gasteiger partial charge in [0.1, 0.15) is 11.4 Å². The number of rotatable bonds is 6. The quantitative estimate of drug-likeness (QED) is 0.697. The molecule has 2 N–H and O–H groups in total. The number of hydrogen-bond donors (Lipinski definition) is 2. The maximum absolute atomic E-state index is 13.4. The molecule has 2 heterocycles. The molecule has 1 aromatic carbocycles. The molecule has 8 nitrogen and oxygen atoms in total. The lowest BCUT2D eigenvalue weighted by atomic mass is 9.95. The van der Waals surface area contributed by atoms with Crippen LogP contribution in [-0.2, 0) is 17.8 Å². The van der Waals surface area contributed by atoms with Gasteiger partial charge >= 0.3 is 0 Å². The third-order valence-corrected chi connectivity index (χ3v) is 5.09. The molecular weight excluding hydrogens is 403 g/mol. The number of amides is 2. The van der Waals surface area contributed by atoms with Gasteiger partial charge in [-0.25, -0.2) is 4.39 Å². The van der Waals surface area contributed by atoms with Crippen molar-refractivity contribution in [1.82, 2.24) is 19.7 Å². The van der Waals surface area contributed by atoms with Crippen molar-refractivity contribution in [3.63, 3.8) is 0 Å². The molecule has 1 aromatic heterocycles. The number of aliphatic hydroxyl groups excluding tert-OH is 1. The van der Waals surface area contributed by atoms with Crippen molar-refractivity contribution in [1.29, 1.82) is 0 Å². The Balaban J connectivity index is 2.07. The number of halogens is 1. The SMILES string of the molecule is CC(O)CNC(=O)c1c2c(cn(-c3ccc(F)cc3)c1=O)CN(C(=O)CN(C)C)CC2. The van der Waals surface area contributed by atoms with Gasteiger partial charge in [0.25, 0.3) is 11.5 Å². The maximum atomic E-state index is 13.4. The van der Waals surface area contributed by atoms with Gasteiger partial charge in [-0.15, -0.1) is 0 Å². The summed E-state index contributed by atoms with van der Waals surface area (Å²) in [6.07, 6.45) is 1.22. The number of nitrogens with one attached hydrogen (secondary N) is 1. The number of benzene rings is 1. The number of pyridine rings is 1. The van der Waals surface area contributed by atoms with Gasteiger partial charge in [-0.1, -0.05) is 0 Å². The van der Waals surface area contributed by atoms with E-state index in [0.717, 1.165) is 0 Å². The van der Waals surface area contributed by atoms with Crippen LogP contribution < -0.4 is 10.9 Å². The number of hydrogen-bond acceptors (Lipinski definition) is 5. The standard InChI is InChI=1S/C22H27FN4O4/c1-14(28)10-24-21(30)20-18-8-9-26(19(29)13-25(2)3)11-15(18)12-27(22(20)31)17-6-4-16(23)5-7-17/h4-7,12,14,28H,8-11,13H2,1-3H3,(H,24,30). The molecule has 0 saturated heterocycles. The van der Waals surface area contributed by atoms with E-state index in [2.05, 4.69) is 5.32 Å². The molecule has 0 bridgehead atoms. The number of carbonyl (C=O) groups is 2. The maximum Gasteiger partial charge on any atom is 0.268 e. The van der Waals surface area contributed by atoms with Crippen molar-refractivity contribution < 1.29 is 19.1 Å². The van der Waals surface area contributed by atoms with Crippen LogP contribution in [-0.4, -0.2) is 71.1 Å². The van der Waals surface area contributed by atoms with E-state index in [1.165, 1.54) is 35.8 Å². The third-order valence-electron chi connectivity index (χ3n) is 5.09. The molecule has 2 amide bonds. The summed E-state index contributed by atoms with van der Waals surface area (Å²) in [5.41, 5.74) is 1.16. The Hall–Kier alpha value is -3.04. The molecule has 1 aliphatic heterocycles. The lowest BCUT2D eigenvalue weighted by molar-refractivity contribution is -0.132. The summed E-state index contributed by atoms with van der Waals surface area (Å²) in [6.45, 7) is 2.46. The number of nitrogens with zero attached hydrogens (tertiary/aromatic N) is 3. The van der Waals surface area contributed by atoms with E-state index in [1.807, 2.05) is 14.1 Å². The summed E-state index contributed by atoms with van der Waals surface area (Å²) >= 11 is 0. The molecule has 166 valence electrons. The minimum atomic E-state index is -0.762. The molecule has 0 saturated carbocycles. The molecule has 0 radical (unpaired) electrons. The molecule has 0 spiro atoms. The fourth-order valence-electron chi connectivity index (χ4n) is 3.60. The largest absolute Gasteiger partial charge is 0.392 e. The Bertz CT molecular complexity index is 1030. The average molecular weight is 430 g/mol. The fourth-order valence-corrected chi connectivity index (χ4v) is 3.60. The minimum absolute atomic E-state index is 0.00589. The van der Waals surface area contributed by atoms with Crippen molar-refractivity contribution in [3.05, 3.63) is 63.3 Å². The first-order valence-corrected chi connectivity index (χ1v) is 10.1. The summed E-state index contributed by atoms with van der Waals surface area (Å²) in [7, 11) is 3.62. The molecule has 31 heavy (non-hydrogen) atoms. The van der Waals surface area contributed by atoms with Gasteiger partial charge in [0, 0.05) is 31.5 Å². The Kier molecular flexibility index (Phi) is 6.87. The van der Waals surface area contributed by atoms with Gasteiger partial charge in [0.2, 0.25) is 5.91 Å². The van der Waals surface area contributed by atoms with Crippen molar-refractivity contribution in [2.75, 3.05) is 33.7 Å². The van der Waals surface area contributed by atoms with Crippen molar-refractivity contribution in [2.24, 2.45) is 0 Å². The first-order valence-electron chi connectivity index (χ1n) is 10.1. The predicted octanol–water partition coefficient (Wildman–Crippen LogP) is 0.534. The van der Waals surface area contributed by atoms with Gasteiger partial charge in [-0.2, -0.15) is 0 Å². The summed E-state index contributed by atoms with van der Waals surface area (Å²) in [6, 6.07) is 5.39. The Morgan fingerprint density at radius 2 is 1.94 bits per heavy atom. The van der Waals surface area contributed by atoms with Gasteiger partial charge in [-0.05, 0) is 62.8 Å². The molecule has 2 aromatic rings. The highest BCUT2D eigenvalue weighted by Gasteiger charge is 2.28. The minimum Gasteiger partial charge on any atom is -0.392 e. The number of aliphatic hydroxyl groups is 1. The van der Waals surface area contributed by atoms with E-state index < -0.39 is 23.4 Å². The highest BCUT2D eigenvalue weighted by atomic mass is 19.1. The second kappa shape index (κ2) is 9.40. The summed E-state index contributed by atoms with van der Waals surface area (Å²) in [4.78, 5) is 42.1. The highest BCUT2D eigenvalue weighted by molar-refractivity contribution is 5.96. The van der Waals surface area contributed by atoms with Crippen molar-refractivity contribution >= 4 is 11.8 Å². The topological polar surface area (TPSA) is 94.9 Å². The molecule has 3 rings (SSSR count). The van der Waals surface area contributed by atoms with Crippen LogP contribution in [0.3, 0.4) is 0 Å². The van der Waals surface area contributed by atoms with Crippen LogP contribution in [0.25, 0.3) is 5.69 Å². The van der Waals surface area contributed by atoms with E-state index >= 15 is 0 Å². The lowest BCUT2D eigenvalue weighted by Gasteiger charge is -2.31. The van der Waals surface area contributed by atoms with Crippen LogP contribution in [0.15, 0.2) is 35.3 Å². The highest BCUT2D eigenvalue weighted by Crippen LogP contribution is 2.22. The van der Waals surface area contributed by atoms with Crippen LogP contribution in [0.2, 0.25) is 0 Å². The zero-order valence-electron chi connectivity index (χ0n) is 17.9. The zero-order valence-corrected chi connectivity index (χ0v) is 17.9. The third kappa shape index (κ3) is 5.18. The number of carbonyl (C=O) groups excluding carboxylic acids is 2. The smallest absolute Gasteiger partial charge is 0.268 e. The van der Waals surface area contributed by atoms with E-state index in [9.17, 15) is 23.9 Å². The molecule has 1 unspecified atom stereocenters. The molecule has 1 aliphatic rings. The number of fused-ring (bicyclic) bond motifs is 1. The van der Waals surface area contributed by atoms with Crippen LogP contribution in [0.4, 0.5) is 4.39 Å². The first kappa shape index (κ1) is 22.6. The van der Waals surface area contributed by atoms with Crippen LogP contribution >= 0.6 is 0 Å². The Morgan fingerprint density at radius 1 is 1.26 bits per heavy atom. The zero-order chi connectivity index (χ0) is 22.7. The second-order valence-electron chi connectivity index (χ2n) is 8.02. The molecule has 0 aliphatic carbocycles.